The van der Waals surface area contributed by atoms with Gasteiger partial charge in [0, 0.05) is 19.9 Å². The van der Waals surface area contributed by atoms with Crippen molar-refractivity contribution in [1.82, 2.24) is 15.1 Å². The second-order valence-corrected chi connectivity index (χ2v) is 5.55. The zero-order chi connectivity index (χ0) is 15.4. The maximum atomic E-state index is 5.87. The highest BCUT2D eigenvalue weighted by atomic mass is 16.5. The normalized spacial score (nSPS) is 17.6. The highest BCUT2D eigenvalue weighted by Crippen LogP contribution is 2.25. The maximum Gasteiger partial charge on any atom is 0.117 e. The van der Waals surface area contributed by atoms with E-state index in [1.807, 2.05) is 23.7 Å². The van der Waals surface area contributed by atoms with E-state index in [-0.39, 0.29) is 6.10 Å². The molecule has 0 radical (unpaired) electrons. The molecule has 0 fully saturated rings. The van der Waals surface area contributed by atoms with Gasteiger partial charge in [-0.3, -0.25) is 4.68 Å². The van der Waals surface area contributed by atoms with Gasteiger partial charge in [0.15, 0.2) is 0 Å². The minimum absolute atomic E-state index is 0.00334. The number of aryl methyl sites for hydroxylation is 1. The van der Waals surface area contributed by atoms with E-state index < -0.39 is 0 Å². The number of ether oxygens (including phenoxy) is 2. The SMILES string of the molecule is COCCn1cc2c(n1)C(CNCc1ccc(C)o1)OCC2. The second-order valence-electron chi connectivity index (χ2n) is 5.55. The van der Waals surface area contributed by atoms with E-state index in [0.29, 0.717) is 13.2 Å². The average molecular weight is 305 g/mol. The summed E-state index contributed by atoms with van der Waals surface area (Å²) < 4.78 is 18.5. The minimum atomic E-state index is 0.00334. The van der Waals surface area contributed by atoms with E-state index in [9.17, 15) is 0 Å². The number of aromatic nitrogens is 2. The van der Waals surface area contributed by atoms with Crippen molar-refractivity contribution in [2.45, 2.75) is 32.5 Å². The van der Waals surface area contributed by atoms with Gasteiger partial charge in [-0.2, -0.15) is 5.10 Å². The molecule has 0 saturated heterocycles. The highest BCUT2D eigenvalue weighted by Gasteiger charge is 2.24. The number of methoxy groups -OCH3 is 1. The van der Waals surface area contributed by atoms with Crippen molar-refractivity contribution < 1.29 is 13.9 Å². The van der Waals surface area contributed by atoms with Crippen LogP contribution in [0.25, 0.3) is 0 Å². The number of nitrogens with one attached hydrogen (secondary N) is 1. The summed E-state index contributed by atoms with van der Waals surface area (Å²) in [5.41, 5.74) is 2.33. The Morgan fingerprint density at radius 1 is 1.45 bits per heavy atom. The van der Waals surface area contributed by atoms with Crippen molar-refractivity contribution in [3.63, 3.8) is 0 Å². The lowest BCUT2D eigenvalue weighted by Crippen LogP contribution is -2.27. The lowest BCUT2D eigenvalue weighted by molar-refractivity contribution is 0.0389. The molecular formula is C16H23N3O3. The van der Waals surface area contributed by atoms with Crippen molar-refractivity contribution in [3.8, 4) is 0 Å². The van der Waals surface area contributed by atoms with Crippen LogP contribution in [-0.2, 0) is 29.0 Å². The zero-order valence-electron chi connectivity index (χ0n) is 13.2. The Bertz CT molecular complexity index is 606. The first-order valence-corrected chi connectivity index (χ1v) is 7.69. The molecule has 1 aliphatic heterocycles. The summed E-state index contributed by atoms with van der Waals surface area (Å²) in [5, 5.41) is 8.03. The van der Waals surface area contributed by atoms with Crippen molar-refractivity contribution >= 4 is 0 Å². The Morgan fingerprint density at radius 3 is 3.14 bits per heavy atom. The quantitative estimate of drug-likeness (QED) is 0.845. The predicted octanol–water partition coefficient (Wildman–Crippen LogP) is 1.83. The van der Waals surface area contributed by atoms with Crippen molar-refractivity contribution in [1.29, 1.82) is 0 Å². The van der Waals surface area contributed by atoms with Crippen LogP contribution in [0.2, 0.25) is 0 Å². The fourth-order valence-electron chi connectivity index (χ4n) is 2.69. The molecule has 22 heavy (non-hydrogen) atoms. The van der Waals surface area contributed by atoms with Gasteiger partial charge in [0.2, 0.25) is 0 Å². The standard InChI is InChI=1S/C16H23N3O3/c1-12-3-4-14(22-12)9-17-10-15-16-13(5-7-21-15)11-19(18-16)6-8-20-2/h3-4,11,15,17H,5-10H2,1-2H3. The molecule has 6 heteroatoms. The van der Waals surface area contributed by atoms with Crippen LogP contribution in [0.4, 0.5) is 0 Å². The smallest absolute Gasteiger partial charge is 0.117 e. The first-order chi connectivity index (χ1) is 10.8. The lowest BCUT2D eigenvalue weighted by Gasteiger charge is -2.22. The molecule has 0 aromatic carbocycles. The summed E-state index contributed by atoms with van der Waals surface area (Å²) in [5.74, 6) is 1.88. The fourth-order valence-corrected chi connectivity index (χ4v) is 2.69. The van der Waals surface area contributed by atoms with E-state index in [2.05, 4.69) is 16.6 Å². The number of nitrogens with zero attached hydrogens (tertiary/aromatic N) is 2. The molecule has 0 amide bonds. The largest absolute Gasteiger partial charge is 0.465 e. The molecule has 3 rings (SSSR count). The molecule has 0 aliphatic carbocycles. The summed E-state index contributed by atoms with van der Waals surface area (Å²) >= 11 is 0. The van der Waals surface area contributed by atoms with E-state index in [1.54, 1.807) is 7.11 Å². The van der Waals surface area contributed by atoms with Crippen LogP contribution in [0, 0.1) is 6.92 Å². The van der Waals surface area contributed by atoms with Gasteiger partial charge in [0.25, 0.3) is 0 Å². The van der Waals surface area contributed by atoms with Crippen LogP contribution >= 0.6 is 0 Å². The number of hydrogen-bond donors (Lipinski definition) is 1. The van der Waals surface area contributed by atoms with Gasteiger partial charge < -0.3 is 19.2 Å². The number of fused-ring (bicyclic) bond motifs is 1. The van der Waals surface area contributed by atoms with E-state index in [1.165, 1.54) is 5.56 Å². The van der Waals surface area contributed by atoms with Crippen LogP contribution in [0.1, 0.15) is 28.9 Å². The second kappa shape index (κ2) is 7.09. The summed E-state index contributed by atoms with van der Waals surface area (Å²) in [6, 6.07) is 3.97. The first kappa shape index (κ1) is 15.3. The van der Waals surface area contributed by atoms with Crippen LogP contribution in [0.5, 0.6) is 0 Å². The molecule has 1 aliphatic rings. The monoisotopic (exact) mass is 305 g/mol. The van der Waals surface area contributed by atoms with Gasteiger partial charge in [-0.05, 0) is 31.0 Å². The molecule has 0 spiro atoms. The predicted molar refractivity (Wildman–Crippen MR) is 81.7 cm³/mol. The first-order valence-electron chi connectivity index (χ1n) is 7.69. The maximum absolute atomic E-state index is 5.87. The summed E-state index contributed by atoms with van der Waals surface area (Å²) in [7, 11) is 1.70. The molecule has 120 valence electrons. The molecule has 0 bridgehead atoms. The van der Waals surface area contributed by atoms with Gasteiger partial charge >= 0.3 is 0 Å². The Balaban J connectivity index is 1.57. The van der Waals surface area contributed by atoms with Crippen LogP contribution in [0.3, 0.4) is 0 Å². The topological polar surface area (TPSA) is 61.5 Å². The van der Waals surface area contributed by atoms with Gasteiger partial charge in [0.05, 0.1) is 32.0 Å². The molecule has 0 saturated carbocycles. The third-order valence-electron chi connectivity index (χ3n) is 3.81. The molecule has 1 N–H and O–H groups in total. The fraction of sp³-hybridized carbons (Fsp3) is 0.562. The van der Waals surface area contributed by atoms with E-state index in [0.717, 1.165) is 43.3 Å². The van der Waals surface area contributed by atoms with Crippen molar-refractivity contribution in [2.24, 2.45) is 0 Å². The van der Waals surface area contributed by atoms with Gasteiger partial charge in [-0.25, -0.2) is 0 Å². The van der Waals surface area contributed by atoms with Crippen molar-refractivity contribution in [2.75, 3.05) is 26.9 Å². The Hall–Kier alpha value is -1.63. The molecule has 6 nitrogen and oxygen atoms in total. The third kappa shape index (κ3) is 3.58. The van der Waals surface area contributed by atoms with E-state index in [4.69, 9.17) is 13.9 Å². The molecule has 1 unspecified atom stereocenters. The number of rotatable bonds is 7. The Morgan fingerprint density at radius 2 is 2.36 bits per heavy atom. The van der Waals surface area contributed by atoms with Crippen LogP contribution < -0.4 is 5.32 Å². The summed E-state index contributed by atoms with van der Waals surface area (Å²) in [4.78, 5) is 0. The van der Waals surface area contributed by atoms with Crippen LogP contribution in [0.15, 0.2) is 22.7 Å². The van der Waals surface area contributed by atoms with Crippen LogP contribution in [-0.4, -0.2) is 36.6 Å². The van der Waals surface area contributed by atoms with Crippen molar-refractivity contribution in [3.05, 3.63) is 41.1 Å². The van der Waals surface area contributed by atoms with Gasteiger partial charge in [-0.15, -0.1) is 0 Å². The third-order valence-corrected chi connectivity index (χ3v) is 3.81. The summed E-state index contributed by atoms with van der Waals surface area (Å²) in [6.45, 7) is 5.57. The molecule has 2 aromatic rings. The van der Waals surface area contributed by atoms with Gasteiger partial charge in [0.1, 0.15) is 17.6 Å². The molecule has 3 heterocycles. The highest BCUT2D eigenvalue weighted by molar-refractivity contribution is 5.22. The molecule has 2 aromatic heterocycles. The van der Waals surface area contributed by atoms with E-state index >= 15 is 0 Å². The Labute approximate surface area is 130 Å². The summed E-state index contributed by atoms with van der Waals surface area (Å²) in [6.07, 6.45) is 3.04. The zero-order valence-corrected chi connectivity index (χ0v) is 13.2. The molecule has 1 atom stereocenters. The average Bonchev–Trinajstić information content (AvgIpc) is 3.11. The number of furan rings is 1. The van der Waals surface area contributed by atoms with Gasteiger partial charge in [-0.1, -0.05) is 0 Å². The molecular weight excluding hydrogens is 282 g/mol. The Kier molecular flexibility index (Phi) is 4.92. The lowest BCUT2D eigenvalue weighted by atomic mass is 10.1. The number of hydrogen-bond acceptors (Lipinski definition) is 5. The minimum Gasteiger partial charge on any atom is -0.465 e.